The molecule has 0 aliphatic carbocycles. The Morgan fingerprint density at radius 3 is 2.52 bits per heavy atom. The largest absolute Gasteiger partial charge is 0.494 e. The molecule has 0 saturated carbocycles. The number of benzene rings is 1. The van der Waals surface area contributed by atoms with E-state index in [1.165, 1.54) is 18.4 Å². The fourth-order valence-electron chi connectivity index (χ4n) is 1.82. The number of aromatic nitrogens is 1. The number of carbonyl (C=O) groups excluding carboxylic acids is 2. The Hall–Kier alpha value is -2.61. The van der Waals surface area contributed by atoms with Crippen molar-refractivity contribution in [3.05, 3.63) is 34.8 Å². The molecule has 122 valence electrons. The van der Waals surface area contributed by atoms with Gasteiger partial charge in [-0.05, 0) is 38.1 Å². The van der Waals surface area contributed by atoms with Gasteiger partial charge in [0.25, 0.3) is 5.91 Å². The maximum atomic E-state index is 12.1. The van der Waals surface area contributed by atoms with Crippen LogP contribution in [0, 0.1) is 6.92 Å². The first-order valence-corrected chi connectivity index (χ1v) is 7.85. The number of amides is 3. The lowest BCUT2D eigenvalue weighted by molar-refractivity contribution is 0.0940. The van der Waals surface area contributed by atoms with E-state index in [0.29, 0.717) is 17.2 Å². The normalized spacial score (nSPS) is 10.0. The first-order valence-electron chi connectivity index (χ1n) is 7.03. The van der Waals surface area contributed by atoms with Gasteiger partial charge in [-0.25, -0.2) is 15.2 Å². The van der Waals surface area contributed by atoms with Crippen molar-refractivity contribution >= 4 is 23.3 Å². The van der Waals surface area contributed by atoms with Crippen molar-refractivity contribution in [1.82, 2.24) is 21.2 Å². The van der Waals surface area contributed by atoms with Gasteiger partial charge in [0.2, 0.25) is 0 Å². The van der Waals surface area contributed by atoms with Crippen molar-refractivity contribution in [1.29, 1.82) is 0 Å². The molecule has 3 N–H and O–H groups in total. The quantitative estimate of drug-likeness (QED) is 0.747. The number of carbonyl (C=O) groups is 2. The zero-order chi connectivity index (χ0) is 16.8. The molecule has 0 aliphatic rings. The van der Waals surface area contributed by atoms with Gasteiger partial charge in [0.1, 0.15) is 15.6 Å². The third-order valence-corrected chi connectivity index (χ3v) is 4.14. The van der Waals surface area contributed by atoms with E-state index in [9.17, 15) is 9.59 Å². The number of aryl methyl sites for hydroxylation is 1. The molecule has 0 spiro atoms. The third kappa shape index (κ3) is 4.19. The Morgan fingerprint density at radius 1 is 1.22 bits per heavy atom. The fourth-order valence-corrected chi connectivity index (χ4v) is 2.79. The van der Waals surface area contributed by atoms with Crippen LogP contribution in [0.5, 0.6) is 5.75 Å². The molecule has 0 bridgehead atoms. The van der Waals surface area contributed by atoms with Crippen molar-refractivity contribution in [3.63, 3.8) is 0 Å². The van der Waals surface area contributed by atoms with Gasteiger partial charge in [-0.2, -0.15) is 0 Å². The summed E-state index contributed by atoms with van der Waals surface area (Å²) < 4.78 is 5.40. The van der Waals surface area contributed by atoms with E-state index in [-0.39, 0.29) is 0 Å². The minimum atomic E-state index is -0.493. The monoisotopic (exact) mass is 334 g/mol. The average molecular weight is 334 g/mol. The summed E-state index contributed by atoms with van der Waals surface area (Å²) in [6, 6.07) is 7.03. The van der Waals surface area contributed by atoms with E-state index in [2.05, 4.69) is 21.2 Å². The minimum absolute atomic E-state index is 0.402. The lowest BCUT2D eigenvalue weighted by Gasteiger charge is -2.05. The molecular weight excluding hydrogens is 316 g/mol. The molecule has 8 heteroatoms. The molecule has 1 aromatic heterocycles. The second-order valence-electron chi connectivity index (χ2n) is 4.55. The van der Waals surface area contributed by atoms with Gasteiger partial charge < -0.3 is 10.1 Å². The summed E-state index contributed by atoms with van der Waals surface area (Å²) in [5, 5.41) is 3.08. The van der Waals surface area contributed by atoms with Crippen LogP contribution >= 0.6 is 11.3 Å². The lowest BCUT2D eigenvalue weighted by Crippen LogP contribution is -2.45. The standard InChI is InChI=1S/C15H18N4O3S/c1-4-22-11-7-5-10(6-8-11)14-17-9(2)12(23-14)13(20)18-19-15(21)16-3/h5-8H,4H2,1-3H3,(H,18,20)(H2,16,19,21). The highest BCUT2D eigenvalue weighted by Crippen LogP contribution is 2.29. The van der Waals surface area contributed by atoms with Crippen molar-refractivity contribution in [2.24, 2.45) is 0 Å². The molecule has 2 aromatic rings. The van der Waals surface area contributed by atoms with E-state index in [1.54, 1.807) is 6.92 Å². The molecule has 23 heavy (non-hydrogen) atoms. The zero-order valence-electron chi connectivity index (χ0n) is 13.1. The van der Waals surface area contributed by atoms with Crippen LogP contribution in [0.4, 0.5) is 4.79 Å². The maximum Gasteiger partial charge on any atom is 0.333 e. The fraction of sp³-hybridized carbons (Fsp3) is 0.267. The Morgan fingerprint density at radius 2 is 1.91 bits per heavy atom. The highest BCUT2D eigenvalue weighted by Gasteiger charge is 2.16. The van der Waals surface area contributed by atoms with Crippen LogP contribution in [-0.2, 0) is 0 Å². The summed E-state index contributed by atoms with van der Waals surface area (Å²) in [4.78, 5) is 28.0. The summed E-state index contributed by atoms with van der Waals surface area (Å²) in [6.45, 7) is 4.29. The number of nitrogens with zero attached hydrogens (tertiary/aromatic N) is 1. The van der Waals surface area contributed by atoms with E-state index in [4.69, 9.17) is 4.74 Å². The summed E-state index contributed by atoms with van der Waals surface area (Å²) in [5.41, 5.74) is 6.08. The Labute approximate surface area is 138 Å². The second-order valence-corrected chi connectivity index (χ2v) is 5.55. The van der Waals surface area contributed by atoms with Gasteiger partial charge in [-0.3, -0.25) is 10.2 Å². The highest BCUT2D eigenvalue weighted by molar-refractivity contribution is 7.17. The first-order chi connectivity index (χ1) is 11.0. The van der Waals surface area contributed by atoms with E-state index in [0.717, 1.165) is 16.3 Å². The number of hydrogen-bond donors (Lipinski definition) is 3. The SMILES string of the molecule is CCOc1ccc(-c2nc(C)c(C(=O)NNC(=O)NC)s2)cc1. The molecule has 0 unspecified atom stereocenters. The second kappa shape index (κ2) is 7.59. The highest BCUT2D eigenvalue weighted by atomic mass is 32.1. The van der Waals surface area contributed by atoms with E-state index in [1.807, 2.05) is 31.2 Å². The van der Waals surface area contributed by atoms with Crippen molar-refractivity contribution in [2.75, 3.05) is 13.7 Å². The lowest BCUT2D eigenvalue weighted by atomic mass is 10.2. The van der Waals surface area contributed by atoms with E-state index < -0.39 is 11.9 Å². The number of urea groups is 1. The van der Waals surface area contributed by atoms with Crippen LogP contribution in [0.3, 0.4) is 0 Å². The number of hydrazine groups is 1. The molecular formula is C15H18N4O3S. The van der Waals surface area contributed by atoms with Crippen molar-refractivity contribution < 1.29 is 14.3 Å². The van der Waals surface area contributed by atoms with Gasteiger partial charge in [-0.15, -0.1) is 11.3 Å². The smallest absolute Gasteiger partial charge is 0.333 e. The topological polar surface area (TPSA) is 92.3 Å². The molecule has 0 saturated heterocycles. The molecule has 1 aromatic carbocycles. The van der Waals surface area contributed by atoms with Gasteiger partial charge in [0.05, 0.1) is 12.3 Å². The van der Waals surface area contributed by atoms with Gasteiger partial charge in [0, 0.05) is 12.6 Å². The molecule has 0 fully saturated rings. The van der Waals surface area contributed by atoms with Crippen LogP contribution < -0.4 is 20.9 Å². The molecule has 0 radical (unpaired) electrons. The predicted octanol–water partition coefficient (Wildman–Crippen LogP) is 2.09. The van der Waals surface area contributed by atoms with Gasteiger partial charge in [0.15, 0.2) is 0 Å². The summed E-state index contributed by atoms with van der Waals surface area (Å²) >= 11 is 1.26. The average Bonchev–Trinajstić information content (AvgIpc) is 2.95. The molecule has 0 aliphatic heterocycles. The van der Waals surface area contributed by atoms with Gasteiger partial charge >= 0.3 is 6.03 Å². The van der Waals surface area contributed by atoms with E-state index >= 15 is 0 Å². The molecule has 7 nitrogen and oxygen atoms in total. The van der Waals surface area contributed by atoms with Crippen LogP contribution in [0.25, 0.3) is 10.6 Å². The summed E-state index contributed by atoms with van der Waals surface area (Å²) in [6.07, 6.45) is 0. The maximum absolute atomic E-state index is 12.1. The summed E-state index contributed by atoms with van der Waals surface area (Å²) in [7, 11) is 1.46. The van der Waals surface area contributed by atoms with Crippen LogP contribution in [0.15, 0.2) is 24.3 Å². The molecule has 0 atom stereocenters. The third-order valence-electron chi connectivity index (χ3n) is 2.93. The first kappa shape index (κ1) is 16.8. The molecule has 3 amide bonds. The number of thiazole rings is 1. The number of rotatable bonds is 4. The van der Waals surface area contributed by atoms with Crippen molar-refractivity contribution in [3.8, 4) is 16.3 Å². The minimum Gasteiger partial charge on any atom is -0.494 e. The molecule has 2 rings (SSSR count). The number of nitrogens with one attached hydrogen (secondary N) is 3. The van der Waals surface area contributed by atoms with Crippen LogP contribution in [0.2, 0.25) is 0 Å². The zero-order valence-corrected chi connectivity index (χ0v) is 13.9. The number of hydrogen-bond acceptors (Lipinski definition) is 5. The predicted molar refractivity (Wildman–Crippen MR) is 88.5 cm³/mol. The number of ether oxygens (including phenoxy) is 1. The molecule has 1 heterocycles. The van der Waals surface area contributed by atoms with Gasteiger partial charge in [-0.1, -0.05) is 0 Å². The van der Waals surface area contributed by atoms with Crippen LogP contribution in [-0.4, -0.2) is 30.6 Å². The Balaban J connectivity index is 2.13. The summed E-state index contributed by atoms with van der Waals surface area (Å²) in [5.74, 6) is 0.387. The van der Waals surface area contributed by atoms with Crippen LogP contribution in [0.1, 0.15) is 22.3 Å². The van der Waals surface area contributed by atoms with Crippen molar-refractivity contribution in [2.45, 2.75) is 13.8 Å². The Kier molecular flexibility index (Phi) is 5.53. The Bertz CT molecular complexity index is 697.